The van der Waals surface area contributed by atoms with E-state index in [1.807, 2.05) is 11.9 Å². The summed E-state index contributed by atoms with van der Waals surface area (Å²) in [5.41, 5.74) is 0. The van der Waals surface area contributed by atoms with Crippen molar-refractivity contribution in [2.45, 2.75) is 38.3 Å². The quantitative estimate of drug-likeness (QED) is 0.898. The number of pyridine rings is 1. The van der Waals surface area contributed by atoms with Gasteiger partial charge in [0, 0.05) is 24.7 Å². The zero-order valence-electron chi connectivity index (χ0n) is 10.8. The summed E-state index contributed by atoms with van der Waals surface area (Å²) in [4.78, 5) is 5.87. The summed E-state index contributed by atoms with van der Waals surface area (Å²) in [7, 11) is 1.89. The third-order valence-electron chi connectivity index (χ3n) is 3.64. The van der Waals surface area contributed by atoms with Gasteiger partial charge < -0.3 is 10.2 Å². The number of piperidine rings is 1. The average Bonchev–Trinajstić information content (AvgIpc) is 2.38. The number of hydrogen-bond donors (Lipinski definition) is 1. The molecule has 0 bridgehead atoms. The van der Waals surface area contributed by atoms with Crippen LogP contribution in [0.25, 0.3) is 0 Å². The highest BCUT2D eigenvalue weighted by molar-refractivity contribution is 5.42. The Labute approximate surface area is 106 Å². The molecule has 2 unspecified atom stereocenters. The average molecular weight is 255 g/mol. The van der Waals surface area contributed by atoms with Crippen molar-refractivity contribution < 1.29 is 8.78 Å². The van der Waals surface area contributed by atoms with Crippen LogP contribution in [0.2, 0.25) is 0 Å². The van der Waals surface area contributed by atoms with Crippen LogP contribution in [-0.4, -0.2) is 30.7 Å². The van der Waals surface area contributed by atoms with Gasteiger partial charge in [0.05, 0.1) is 6.20 Å². The van der Waals surface area contributed by atoms with Crippen LogP contribution in [0.4, 0.5) is 14.6 Å². The van der Waals surface area contributed by atoms with Crippen molar-refractivity contribution >= 4 is 5.82 Å². The summed E-state index contributed by atoms with van der Waals surface area (Å²) in [5.74, 6) is -0.945. The molecule has 1 aliphatic heterocycles. The number of likely N-dealkylation sites (N-methyl/N-ethyl adjacent to an activating group) is 1. The SMILES string of the molecule is CNC(C)C1CCCCN1c1ncc(F)cc1F. The molecule has 2 heterocycles. The second-order valence-electron chi connectivity index (χ2n) is 4.79. The maximum absolute atomic E-state index is 13.8. The molecule has 1 aliphatic rings. The van der Waals surface area contributed by atoms with E-state index in [4.69, 9.17) is 0 Å². The molecule has 1 N–H and O–H groups in total. The lowest BCUT2D eigenvalue weighted by Gasteiger charge is -2.40. The van der Waals surface area contributed by atoms with Gasteiger partial charge in [-0.2, -0.15) is 0 Å². The second-order valence-corrected chi connectivity index (χ2v) is 4.79. The molecule has 5 heteroatoms. The summed E-state index contributed by atoms with van der Waals surface area (Å²) in [6, 6.07) is 1.35. The Hall–Kier alpha value is -1.23. The lowest BCUT2D eigenvalue weighted by Crippen LogP contribution is -2.51. The lowest BCUT2D eigenvalue weighted by atomic mass is 9.96. The molecular formula is C13H19F2N3. The summed E-state index contributed by atoms with van der Waals surface area (Å²) < 4.78 is 26.7. The van der Waals surface area contributed by atoms with Gasteiger partial charge in [-0.25, -0.2) is 13.8 Å². The first-order valence-corrected chi connectivity index (χ1v) is 6.38. The van der Waals surface area contributed by atoms with Crippen molar-refractivity contribution in [2.24, 2.45) is 0 Å². The lowest BCUT2D eigenvalue weighted by molar-refractivity contribution is 0.375. The summed E-state index contributed by atoms with van der Waals surface area (Å²) in [5, 5.41) is 3.20. The molecule has 2 atom stereocenters. The number of halogens is 2. The fourth-order valence-corrected chi connectivity index (χ4v) is 2.55. The number of nitrogens with zero attached hydrogens (tertiary/aromatic N) is 2. The van der Waals surface area contributed by atoms with Crippen molar-refractivity contribution in [3.63, 3.8) is 0 Å². The van der Waals surface area contributed by atoms with Crippen LogP contribution in [0.1, 0.15) is 26.2 Å². The molecule has 1 aromatic rings. The van der Waals surface area contributed by atoms with E-state index >= 15 is 0 Å². The first-order valence-electron chi connectivity index (χ1n) is 6.38. The summed E-state index contributed by atoms with van der Waals surface area (Å²) >= 11 is 0. The first kappa shape index (κ1) is 13.2. The van der Waals surface area contributed by atoms with Gasteiger partial charge in [-0.1, -0.05) is 0 Å². The molecule has 18 heavy (non-hydrogen) atoms. The van der Waals surface area contributed by atoms with E-state index in [0.717, 1.165) is 38.1 Å². The minimum atomic E-state index is -0.633. The van der Waals surface area contributed by atoms with Crippen LogP contribution < -0.4 is 10.2 Å². The number of anilines is 1. The van der Waals surface area contributed by atoms with E-state index < -0.39 is 11.6 Å². The topological polar surface area (TPSA) is 28.2 Å². The number of aromatic nitrogens is 1. The van der Waals surface area contributed by atoms with Gasteiger partial charge in [-0.15, -0.1) is 0 Å². The van der Waals surface area contributed by atoms with E-state index in [-0.39, 0.29) is 17.9 Å². The van der Waals surface area contributed by atoms with Gasteiger partial charge in [-0.3, -0.25) is 0 Å². The van der Waals surface area contributed by atoms with Gasteiger partial charge in [-0.05, 0) is 33.2 Å². The highest BCUT2D eigenvalue weighted by atomic mass is 19.1. The first-order chi connectivity index (χ1) is 8.63. The Kier molecular flexibility index (Phi) is 4.11. The second kappa shape index (κ2) is 5.61. The fraction of sp³-hybridized carbons (Fsp3) is 0.615. The monoisotopic (exact) mass is 255 g/mol. The molecule has 0 saturated carbocycles. The summed E-state index contributed by atoms with van der Waals surface area (Å²) in [6.07, 6.45) is 4.23. The molecule has 100 valence electrons. The van der Waals surface area contributed by atoms with Crippen molar-refractivity contribution in [1.29, 1.82) is 0 Å². The Morgan fingerprint density at radius 1 is 1.44 bits per heavy atom. The van der Waals surface area contributed by atoms with Crippen LogP contribution in [-0.2, 0) is 0 Å². The third kappa shape index (κ3) is 2.61. The molecule has 2 rings (SSSR count). The maximum atomic E-state index is 13.8. The molecule has 0 amide bonds. The number of nitrogens with one attached hydrogen (secondary N) is 1. The minimum Gasteiger partial charge on any atom is -0.350 e. The molecular weight excluding hydrogens is 236 g/mol. The van der Waals surface area contributed by atoms with Crippen LogP contribution in [0, 0.1) is 11.6 Å². The molecule has 0 spiro atoms. The Balaban J connectivity index is 2.27. The molecule has 1 saturated heterocycles. The van der Waals surface area contributed by atoms with Gasteiger partial charge in [0.2, 0.25) is 0 Å². The van der Waals surface area contributed by atoms with E-state index in [2.05, 4.69) is 17.2 Å². The van der Waals surface area contributed by atoms with Crippen LogP contribution in [0.5, 0.6) is 0 Å². The normalized spacial score (nSPS) is 22.0. The highest BCUT2D eigenvalue weighted by Crippen LogP contribution is 2.27. The smallest absolute Gasteiger partial charge is 0.168 e. The number of hydrogen-bond acceptors (Lipinski definition) is 3. The molecule has 3 nitrogen and oxygen atoms in total. The molecule has 1 fully saturated rings. The standard InChI is InChI=1S/C13H19F2N3/c1-9(16-2)12-5-3-4-6-18(12)13-11(15)7-10(14)8-17-13/h7-9,12,16H,3-6H2,1-2H3. The molecule has 0 radical (unpaired) electrons. The van der Waals surface area contributed by atoms with Crippen molar-refractivity contribution in [3.8, 4) is 0 Å². The fourth-order valence-electron chi connectivity index (χ4n) is 2.55. The van der Waals surface area contributed by atoms with Crippen LogP contribution in [0.15, 0.2) is 12.3 Å². The predicted molar refractivity (Wildman–Crippen MR) is 67.7 cm³/mol. The highest BCUT2D eigenvalue weighted by Gasteiger charge is 2.29. The van der Waals surface area contributed by atoms with Gasteiger partial charge in [0.1, 0.15) is 5.82 Å². The van der Waals surface area contributed by atoms with Crippen molar-refractivity contribution in [3.05, 3.63) is 23.9 Å². The Morgan fingerprint density at radius 2 is 2.22 bits per heavy atom. The van der Waals surface area contributed by atoms with Gasteiger partial charge >= 0.3 is 0 Å². The number of rotatable bonds is 3. The third-order valence-corrected chi connectivity index (χ3v) is 3.64. The zero-order chi connectivity index (χ0) is 13.1. The van der Waals surface area contributed by atoms with Crippen molar-refractivity contribution in [2.75, 3.05) is 18.5 Å². The molecule has 0 aromatic carbocycles. The van der Waals surface area contributed by atoms with E-state index in [1.165, 1.54) is 0 Å². The maximum Gasteiger partial charge on any atom is 0.168 e. The largest absolute Gasteiger partial charge is 0.350 e. The Morgan fingerprint density at radius 3 is 2.89 bits per heavy atom. The van der Waals surface area contributed by atoms with E-state index in [0.29, 0.717) is 0 Å². The van der Waals surface area contributed by atoms with Gasteiger partial charge in [0.15, 0.2) is 11.6 Å². The molecule has 0 aliphatic carbocycles. The van der Waals surface area contributed by atoms with E-state index in [9.17, 15) is 8.78 Å². The van der Waals surface area contributed by atoms with Crippen molar-refractivity contribution in [1.82, 2.24) is 10.3 Å². The van der Waals surface area contributed by atoms with E-state index in [1.54, 1.807) is 0 Å². The molecule has 1 aromatic heterocycles. The Bertz CT molecular complexity index is 411. The minimum absolute atomic E-state index is 0.205. The summed E-state index contributed by atoms with van der Waals surface area (Å²) in [6.45, 7) is 2.84. The van der Waals surface area contributed by atoms with Gasteiger partial charge in [0.25, 0.3) is 0 Å². The van der Waals surface area contributed by atoms with Crippen LogP contribution >= 0.6 is 0 Å². The predicted octanol–water partition coefficient (Wildman–Crippen LogP) is 2.33. The zero-order valence-corrected chi connectivity index (χ0v) is 10.8. The van der Waals surface area contributed by atoms with Crippen LogP contribution in [0.3, 0.4) is 0 Å².